The van der Waals surface area contributed by atoms with Crippen molar-refractivity contribution in [2.45, 2.75) is 26.4 Å². The van der Waals surface area contributed by atoms with Crippen molar-refractivity contribution in [3.8, 4) is 0 Å². The molecule has 5 nitrogen and oxygen atoms in total. The standard InChI is InChI=1S/C16H18BrN3O2S2/c1-16(2,3)22-15(21)20(13-5-4-10-24-13)19-14(23)18-12-8-6-11(17)7-9-12/h4-10H,1-3H3,(H2,18,19,23). The van der Waals surface area contributed by atoms with Crippen molar-refractivity contribution >= 4 is 61.4 Å². The van der Waals surface area contributed by atoms with E-state index in [4.69, 9.17) is 17.0 Å². The lowest BCUT2D eigenvalue weighted by atomic mass is 10.2. The van der Waals surface area contributed by atoms with Crippen LogP contribution < -0.4 is 15.8 Å². The molecule has 1 amide bonds. The smallest absolute Gasteiger partial charge is 0.434 e. The number of hydrogen-bond acceptors (Lipinski definition) is 4. The quantitative estimate of drug-likeness (QED) is 0.512. The molecule has 0 radical (unpaired) electrons. The fourth-order valence-corrected chi connectivity index (χ4v) is 2.84. The molecule has 0 aliphatic rings. The molecule has 0 aliphatic carbocycles. The first-order chi connectivity index (χ1) is 11.2. The molecule has 0 unspecified atom stereocenters. The summed E-state index contributed by atoms with van der Waals surface area (Å²) in [7, 11) is 0. The maximum atomic E-state index is 12.4. The number of amides is 1. The van der Waals surface area contributed by atoms with Gasteiger partial charge in [-0.05, 0) is 74.8 Å². The second kappa shape index (κ2) is 7.96. The minimum Gasteiger partial charge on any atom is -0.442 e. The van der Waals surface area contributed by atoms with Gasteiger partial charge in [-0.15, -0.1) is 11.3 Å². The SMILES string of the molecule is CC(C)(C)OC(=O)N(NC(=S)Nc1ccc(Br)cc1)c1cccs1. The Morgan fingerprint density at radius 3 is 2.46 bits per heavy atom. The monoisotopic (exact) mass is 427 g/mol. The lowest BCUT2D eigenvalue weighted by Gasteiger charge is -2.27. The normalized spacial score (nSPS) is 10.8. The van der Waals surface area contributed by atoms with E-state index in [2.05, 4.69) is 26.7 Å². The number of carbonyl (C=O) groups excluding carboxylic acids is 1. The predicted molar refractivity (Wildman–Crippen MR) is 107 cm³/mol. The molecular weight excluding hydrogens is 410 g/mol. The van der Waals surface area contributed by atoms with Gasteiger partial charge in [0, 0.05) is 10.2 Å². The number of ether oxygens (including phenoxy) is 1. The summed E-state index contributed by atoms with van der Waals surface area (Å²) < 4.78 is 6.40. The van der Waals surface area contributed by atoms with Crippen LogP contribution in [0.2, 0.25) is 0 Å². The highest BCUT2D eigenvalue weighted by atomic mass is 79.9. The van der Waals surface area contributed by atoms with Gasteiger partial charge in [-0.25, -0.2) is 4.79 Å². The van der Waals surface area contributed by atoms with E-state index in [1.54, 1.807) is 0 Å². The number of nitrogens with one attached hydrogen (secondary N) is 2. The van der Waals surface area contributed by atoms with Gasteiger partial charge in [0.1, 0.15) is 10.6 Å². The Bertz CT molecular complexity index is 697. The fraction of sp³-hybridized carbons (Fsp3) is 0.250. The van der Waals surface area contributed by atoms with E-state index in [9.17, 15) is 4.79 Å². The number of thiophene rings is 1. The number of hydrazine groups is 1. The summed E-state index contributed by atoms with van der Waals surface area (Å²) >= 11 is 10.1. The summed E-state index contributed by atoms with van der Waals surface area (Å²) in [5, 5.41) is 7.18. The number of nitrogens with zero attached hydrogens (tertiary/aromatic N) is 1. The van der Waals surface area contributed by atoms with E-state index in [1.807, 2.05) is 62.5 Å². The number of rotatable bonds is 2. The molecule has 1 heterocycles. The lowest BCUT2D eigenvalue weighted by Crippen LogP contribution is -2.49. The molecule has 0 bridgehead atoms. The van der Waals surface area contributed by atoms with Gasteiger partial charge in [0.15, 0.2) is 5.11 Å². The summed E-state index contributed by atoms with van der Waals surface area (Å²) in [6, 6.07) is 11.2. The number of benzene rings is 1. The molecule has 0 fully saturated rings. The first-order valence-corrected chi connectivity index (χ1v) is 9.22. The average molecular weight is 428 g/mol. The number of hydrogen-bond donors (Lipinski definition) is 2. The first-order valence-electron chi connectivity index (χ1n) is 7.14. The molecule has 2 rings (SSSR count). The molecule has 0 atom stereocenters. The van der Waals surface area contributed by atoms with E-state index in [-0.39, 0.29) is 5.11 Å². The highest BCUT2D eigenvalue weighted by Gasteiger charge is 2.25. The predicted octanol–water partition coefficient (Wildman–Crippen LogP) is 5.15. The third-order valence-electron chi connectivity index (χ3n) is 2.62. The van der Waals surface area contributed by atoms with Gasteiger partial charge in [-0.3, -0.25) is 5.43 Å². The Morgan fingerprint density at radius 2 is 1.92 bits per heavy atom. The molecule has 0 spiro atoms. The van der Waals surface area contributed by atoms with Gasteiger partial charge in [-0.1, -0.05) is 15.9 Å². The van der Waals surface area contributed by atoms with Gasteiger partial charge < -0.3 is 10.1 Å². The third-order valence-corrected chi connectivity index (χ3v) is 4.19. The Labute approximate surface area is 159 Å². The van der Waals surface area contributed by atoms with E-state index in [0.29, 0.717) is 5.00 Å². The minimum atomic E-state index is -0.602. The van der Waals surface area contributed by atoms with Crippen LogP contribution in [0.1, 0.15) is 20.8 Å². The van der Waals surface area contributed by atoms with Gasteiger partial charge in [0.25, 0.3) is 0 Å². The average Bonchev–Trinajstić information content (AvgIpc) is 2.99. The van der Waals surface area contributed by atoms with Crippen molar-refractivity contribution in [1.29, 1.82) is 0 Å². The summed E-state index contributed by atoms with van der Waals surface area (Å²) in [4.78, 5) is 12.4. The summed E-state index contributed by atoms with van der Waals surface area (Å²) in [6.07, 6.45) is -0.523. The van der Waals surface area contributed by atoms with Gasteiger partial charge >= 0.3 is 6.09 Å². The van der Waals surface area contributed by atoms with Crippen LogP contribution >= 0.6 is 39.5 Å². The van der Waals surface area contributed by atoms with Crippen LogP contribution in [0, 0.1) is 0 Å². The van der Waals surface area contributed by atoms with Crippen LogP contribution in [-0.2, 0) is 4.74 Å². The largest absolute Gasteiger partial charge is 0.442 e. The maximum absolute atomic E-state index is 12.4. The number of anilines is 2. The molecule has 1 aromatic carbocycles. The number of carbonyl (C=O) groups is 1. The second-order valence-electron chi connectivity index (χ2n) is 5.84. The van der Waals surface area contributed by atoms with Crippen molar-refractivity contribution in [1.82, 2.24) is 5.43 Å². The van der Waals surface area contributed by atoms with Crippen molar-refractivity contribution in [2.24, 2.45) is 0 Å². The molecular formula is C16H18BrN3O2S2. The second-order valence-corrected chi connectivity index (χ2v) is 8.09. The highest BCUT2D eigenvalue weighted by molar-refractivity contribution is 9.10. The van der Waals surface area contributed by atoms with Crippen LogP contribution in [0.5, 0.6) is 0 Å². The Morgan fingerprint density at radius 1 is 1.25 bits per heavy atom. The van der Waals surface area contributed by atoms with Crippen LogP contribution in [-0.4, -0.2) is 16.8 Å². The van der Waals surface area contributed by atoms with Crippen LogP contribution in [0.25, 0.3) is 0 Å². The Balaban J connectivity index is 2.09. The summed E-state index contributed by atoms with van der Waals surface area (Å²) in [5.74, 6) is 0. The van der Waals surface area contributed by atoms with Crippen molar-refractivity contribution < 1.29 is 9.53 Å². The summed E-state index contributed by atoms with van der Waals surface area (Å²) in [6.45, 7) is 5.45. The van der Waals surface area contributed by atoms with E-state index in [0.717, 1.165) is 10.2 Å². The van der Waals surface area contributed by atoms with E-state index >= 15 is 0 Å². The molecule has 1 aromatic heterocycles. The zero-order valence-corrected chi connectivity index (χ0v) is 16.7. The molecule has 128 valence electrons. The molecule has 2 aromatic rings. The molecule has 2 N–H and O–H groups in total. The van der Waals surface area contributed by atoms with Crippen LogP contribution in [0.4, 0.5) is 15.5 Å². The number of thiocarbonyl (C=S) groups is 1. The lowest BCUT2D eigenvalue weighted by molar-refractivity contribution is 0.0572. The topological polar surface area (TPSA) is 53.6 Å². The molecule has 0 saturated carbocycles. The van der Waals surface area contributed by atoms with E-state index in [1.165, 1.54) is 16.3 Å². The fourth-order valence-electron chi connectivity index (χ4n) is 1.69. The maximum Gasteiger partial charge on any atom is 0.434 e. The van der Waals surface area contributed by atoms with Crippen molar-refractivity contribution in [3.63, 3.8) is 0 Å². The zero-order valence-electron chi connectivity index (χ0n) is 13.5. The van der Waals surface area contributed by atoms with Gasteiger partial charge in [-0.2, -0.15) is 5.01 Å². The zero-order chi connectivity index (χ0) is 17.7. The van der Waals surface area contributed by atoms with Crippen LogP contribution in [0.3, 0.4) is 0 Å². The molecule has 0 saturated heterocycles. The van der Waals surface area contributed by atoms with Gasteiger partial charge in [0.05, 0.1) is 0 Å². The minimum absolute atomic E-state index is 0.289. The highest BCUT2D eigenvalue weighted by Crippen LogP contribution is 2.22. The molecule has 24 heavy (non-hydrogen) atoms. The number of halogens is 1. The molecule has 0 aliphatic heterocycles. The van der Waals surface area contributed by atoms with Crippen LogP contribution in [0.15, 0.2) is 46.3 Å². The van der Waals surface area contributed by atoms with E-state index < -0.39 is 11.7 Å². The van der Waals surface area contributed by atoms with Gasteiger partial charge in [0.2, 0.25) is 0 Å². The van der Waals surface area contributed by atoms with Crippen molar-refractivity contribution in [3.05, 3.63) is 46.3 Å². The Hall–Kier alpha value is -1.64. The Kier molecular flexibility index (Phi) is 6.20. The molecule has 8 heteroatoms. The summed E-state index contributed by atoms with van der Waals surface area (Å²) in [5.41, 5.74) is 3.09. The third kappa shape index (κ3) is 5.77. The first kappa shape index (κ1) is 18.7. The van der Waals surface area contributed by atoms with Crippen molar-refractivity contribution in [2.75, 3.05) is 10.3 Å².